The van der Waals surface area contributed by atoms with Crippen LogP contribution in [0, 0.1) is 0 Å². The Hall–Kier alpha value is -2.99. The summed E-state index contributed by atoms with van der Waals surface area (Å²) in [5.41, 5.74) is 2.03. The molecular formula is C21H23ClN4O2. The first-order valence-electron chi connectivity index (χ1n) is 8.97. The molecule has 28 heavy (non-hydrogen) atoms. The Morgan fingerprint density at radius 1 is 1.18 bits per heavy atom. The van der Waals surface area contributed by atoms with Crippen molar-refractivity contribution in [1.82, 2.24) is 20.2 Å². The van der Waals surface area contributed by atoms with Crippen molar-refractivity contribution < 1.29 is 9.53 Å². The van der Waals surface area contributed by atoms with Crippen molar-refractivity contribution >= 4 is 17.6 Å². The molecule has 0 fully saturated rings. The molecule has 3 aromatic rings. The predicted molar refractivity (Wildman–Crippen MR) is 110 cm³/mol. The fourth-order valence-electron chi connectivity index (χ4n) is 2.90. The molecule has 0 saturated carbocycles. The molecule has 7 heteroatoms. The average molecular weight is 399 g/mol. The van der Waals surface area contributed by atoms with Gasteiger partial charge < -0.3 is 19.9 Å². The molecule has 146 valence electrons. The van der Waals surface area contributed by atoms with Crippen LogP contribution in [-0.2, 0) is 13.5 Å². The Kier molecular flexibility index (Phi) is 6.55. The maximum absolute atomic E-state index is 12.5. The number of halogens is 1. The number of amides is 2. The van der Waals surface area contributed by atoms with E-state index >= 15 is 0 Å². The van der Waals surface area contributed by atoms with E-state index in [9.17, 15) is 4.79 Å². The summed E-state index contributed by atoms with van der Waals surface area (Å²) in [6, 6.07) is 14.6. The third-order valence-electron chi connectivity index (χ3n) is 4.45. The number of rotatable bonds is 7. The number of methoxy groups -OCH3 is 1. The summed E-state index contributed by atoms with van der Waals surface area (Å²) in [4.78, 5) is 16.9. The predicted octanol–water partition coefficient (Wildman–Crippen LogP) is 3.71. The Bertz CT molecular complexity index is 907. The summed E-state index contributed by atoms with van der Waals surface area (Å²) < 4.78 is 7.11. The van der Waals surface area contributed by atoms with Crippen LogP contribution in [0.5, 0.6) is 5.75 Å². The number of carbonyl (C=O) groups excluding carboxylic acids is 1. The van der Waals surface area contributed by atoms with E-state index in [1.165, 1.54) is 0 Å². The van der Waals surface area contributed by atoms with Gasteiger partial charge in [-0.3, -0.25) is 0 Å². The van der Waals surface area contributed by atoms with Gasteiger partial charge in [0.05, 0.1) is 7.11 Å². The van der Waals surface area contributed by atoms with Crippen LogP contribution < -0.4 is 15.4 Å². The van der Waals surface area contributed by atoms with Crippen LogP contribution in [0.4, 0.5) is 4.79 Å². The van der Waals surface area contributed by atoms with Crippen LogP contribution in [-0.4, -0.2) is 29.2 Å². The van der Waals surface area contributed by atoms with Gasteiger partial charge in [0.1, 0.15) is 17.6 Å². The van der Waals surface area contributed by atoms with Gasteiger partial charge in [0, 0.05) is 31.0 Å². The number of imidazole rings is 1. The van der Waals surface area contributed by atoms with Gasteiger partial charge in [0.25, 0.3) is 0 Å². The lowest BCUT2D eigenvalue weighted by Crippen LogP contribution is -2.40. The molecule has 0 aliphatic rings. The summed E-state index contributed by atoms with van der Waals surface area (Å²) in [6.07, 6.45) is 4.29. The molecule has 2 amide bonds. The maximum atomic E-state index is 12.5. The van der Waals surface area contributed by atoms with E-state index in [0.29, 0.717) is 11.6 Å². The van der Waals surface area contributed by atoms with Crippen LogP contribution in [0.1, 0.15) is 23.0 Å². The van der Waals surface area contributed by atoms with E-state index < -0.39 is 0 Å². The van der Waals surface area contributed by atoms with E-state index in [2.05, 4.69) is 15.6 Å². The van der Waals surface area contributed by atoms with E-state index in [4.69, 9.17) is 16.3 Å². The lowest BCUT2D eigenvalue weighted by atomic mass is 10.1. The highest BCUT2D eigenvalue weighted by molar-refractivity contribution is 6.30. The average Bonchev–Trinajstić information content (AvgIpc) is 3.13. The molecule has 6 nitrogen and oxygen atoms in total. The molecule has 0 saturated heterocycles. The molecule has 1 atom stereocenters. The Morgan fingerprint density at radius 2 is 1.89 bits per heavy atom. The molecule has 0 aliphatic carbocycles. The molecule has 2 aromatic carbocycles. The zero-order chi connectivity index (χ0) is 19.9. The fraction of sp³-hybridized carbons (Fsp3) is 0.238. The largest absolute Gasteiger partial charge is 0.497 e. The number of benzene rings is 2. The van der Waals surface area contributed by atoms with Gasteiger partial charge >= 0.3 is 6.03 Å². The molecular weight excluding hydrogens is 376 g/mol. The molecule has 1 unspecified atom stereocenters. The number of aryl methyl sites for hydroxylation is 1. The molecule has 0 radical (unpaired) electrons. The minimum absolute atomic E-state index is 0.252. The van der Waals surface area contributed by atoms with Crippen molar-refractivity contribution in [2.45, 2.75) is 12.5 Å². The minimum atomic E-state index is -0.374. The van der Waals surface area contributed by atoms with Gasteiger partial charge in [0.15, 0.2) is 0 Å². The summed E-state index contributed by atoms with van der Waals surface area (Å²) in [7, 11) is 3.52. The zero-order valence-electron chi connectivity index (χ0n) is 15.9. The second-order valence-electron chi connectivity index (χ2n) is 6.38. The number of hydrogen-bond donors (Lipinski definition) is 2. The highest BCUT2D eigenvalue weighted by Gasteiger charge is 2.20. The molecule has 0 bridgehead atoms. The van der Waals surface area contributed by atoms with Gasteiger partial charge in [-0.25, -0.2) is 9.78 Å². The lowest BCUT2D eigenvalue weighted by molar-refractivity contribution is 0.238. The smallest absolute Gasteiger partial charge is 0.315 e. The second-order valence-corrected chi connectivity index (χ2v) is 6.82. The highest BCUT2D eigenvalue weighted by Crippen LogP contribution is 2.22. The summed E-state index contributed by atoms with van der Waals surface area (Å²) in [5.74, 6) is 1.51. The highest BCUT2D eigenvalue weighted by atomic mass is 35.5. The Balaban J connectivity index is 1.65. The Morgan fingerprint density at radius 3 is 2.50 bits per heavy atom. The summed E-state index contributed by atoms with van der Waals surface area (Å²) in [6.45, 7) is 0.517. The van der Waals surface area contributed by atoms with Crippen LogP contribution in [0.2, 0.25) is 5.02 Å². The third kappa shape index (κ3) is 5.04. The second kappa shape index (κ2) is 9.28. The third-order valence-corrected chi connectivity index (χ3v) is 4.71. The van der Waals surface area contributed by atoms with Crippen LogP contribution in [0.15, 0.2) is 60.9 Å². The standard InChI is InChI=1S/C21H23ClN4O2/c1-26-14-13-23-20(26)19(16-5-9-18(28-2)10-6-16)25-21(27)24-12-11-15-3-7-17(22)8-4-15/h3-10,13-14,19H,11-12H2,1-2H3,(H2,24,25,27). The quantitative estimate of drug-likeness (QED) is 0.637. The number of hydrogen-bond acceptors (Lipinski definition) is 3. The first-order chi connectivity index (χ1) is 13.6. The zero-order valence-corrected chi connectivity index (χ0v) is 16.6. The summed E-state index contributed by atoms with van der Waals surface area (Å²) >= 11 is 5.90. The monoisotopic (exact) mass is 398 g/mol. The molecule has 0 aliphatic heterocycles. The topological polar surface area (TPSA) is 68.2 Å². The van der Waals surface area contributed by atoms with Crippen LogP contribution in [0.25, 0.3) is 0 Å². The van der Waals surface area contributed by atoms with Crippen molar-refractivity contribution in [3.8, 4) is 5.75 Å². The van der Waals surface area contributed by atoms with Crippen LogP contribution >= 0.6 is 11.6 Å². The minimum Gasteiger partial charge on any atom is -0.497 e. The Labute approximate surface area is 169 Å². The first-order valence-corrected chi connectivity index (χ1v) is 9.34. The maximum Gasteiger partial charge on any atom is 0.315 e. The number of aromatic nitrogens is 2. The fourth-order valence-corrected chi connectivity index (χ4v) is 3.03. The molecule has 2 N–H and O–H groups in total. The number of nitrogens with one attached hydrogen (secondary N) is 2. The van der Waals surface area contributed by atoms with Gasteiger partial charge in [-0.2, -0.15) is 0 Å². The number of ether oxygens (including phenoxy) is 1. The SMILES string of the molecule is COc1ccc(C(NC(=O)NCCc2ccc(Cl)cc2)c2nccn2C)cc1. The number of nitrogens with zero attached hydrogens (tertiary/aromatic N) is 2. The van der Waals surface area contributed by atoms with Crippen molar-refractivity contribution in [1.29, 1.82) is 0 Å². The van der Waals surface area contributed by atoms with Crippen molar-refractivity contribution in [2.75, 3.05) is 13.7 Å². The molecule has 1 aromatic heterocycles. The van der Waals surface area contributed by atoms with Gasteiger partial charge in [-0.05, 0) is 41.8 Å². The normalized spacial score (nSPS) is 11.7. The molecule has 3 rings (SSSR count). The van der Waals surface area contributed by atoms with E-state index in [1.807, 2.05) is 66.3 Å². The number of urea groups is 1. The molecule has 0 spiro atoms. The van der Waals surface area contributed by atoms with Gasteiger partial charge in [-0.15, -0.1) is 0 Å². The number of carbonyl (C=O) groups is 1. The van der Waals surface area contributed by atoms with Gasteiger partial charge in [0.2, 0.25) is 0 Å². The van der Waals surface area contributed by atoms with E-state index in [1.54, 1.807) is 13.3 Å². The molecule has 1 heterocycles. The lowest BCUT2D eigenvalue weighted by Gasteiger charge is -2.20. The van der Waals surface area contributed by atoms with Gasteiger partial charge in [-0.1, -0.05) is 35.9 Å². The van der Waals surface area contributed by atoms with E-state index in [0.717, 1.165) is 29.1 Å². The van der Waals surface area contributed by atoms with Crippen molar-refractivity contribution in [3.05, 3.63) is 82.9 Å². The van der Waals surface area contributed by atoms with E-state index in [-0.39, 0.29) is 12.1 Å². The van der Waals surface area contributed by atoms with Crippen molar-refractivity contribution in [2.24, 2.45) is 7.05 Å². The summed E-state index contributed by atoms with van der Waals surface area (Å²) in [5, 5.41) is 6.62. The first kappa shape index (κ1) is 19.8. The van der Waals surface area contributed by atoms with Crippen LogP contribution in [0.3, 0.4) is 0 Å². The van der Waals surface area contributed by atoms with Crippen molar-refractivity contribution in [3.63, 3.8) is 0 Å².